The maximum atomic E-state index is 5.80. The summed E-state index contributed by atoms with van der Waals surface area (Å²) in [6.07, 6.45) is 7.75. The Labute approximate surface area is 129 Å². The highest BCUT2D eigenvalue weighted by Gasteiger charge is 2.16. The van der Waals surface area contributed by atoms with E-state index in [2.05, 4.69) is 12.2 Å². The Balaban J connectivity index is 1.61. The van der Waals surface area contributed by atoms with Gasteiger partial charge in [-0.1, -0.05) is 25.1 Å². The molecule has 0 bridgehead atoms. The van der Waals surface area contributed by atoms with E-state index in [4.69, 9.17) is 9.47 Å². The van der Waals surface area contributed by atoms with Gasteiger partial charge in [-0.05, 0) is 57.2 Å². The molecular formula is C18H29NO2. The van der Waals surface area contributed by atoms with Crippen molar-refractivity contribution in [2.24, 2.45) is 0 Å². The molecular weight excluding hydrogens is 262 g/mol. The Morgan fingerprint density at radius 2 is 2.14 bits per heavy atom. The molecule has 2 unspecified atom stereocenters. The van der Waals surface area contributed by atoms with Gasteiger partial charge in [-0.15, -0.1) is 0 Å². The molecule has 2 atom stereocenters. The Morgan fingerprint density at radius 1 is 1.29 bits per heavy atom. The molecule has 0 aliphatic carbocycles. The zero-order valence-corrected chi connectivity index (χ0v) is 13.2. The molecule has 0 aromatic heterocycles. The predicted molar refractivity (Wildman–Crippen MR) is 86.8 cm³/mol. The molecule has 0 spiro atoms. The number of para-hydroxylation sites is 1. The molecule has 2 rings (SSSR count). The summed E-state index contributed by atoms with van der Waals surface area (Å²) in [5.41, 5.74) is 0. The van der Waals surface area contributed by atoms with Gasteiger partial charge in [0.15, 0.2) is 0 Å². The van der Waals surface area contributed by atoms with E-state index in [0.29, 0.717) is 12.1 Å². The summed E-state index contributed by atoms with van der Waals surface area (Å²) in [6.45, 7) is 4.94. The van der Waals surface area contributed by atoms with E-state index in [9.17, 15) is 0 Å². The van der Waals surface area contributed by atoms with Gasteiger partial charge in [-0.2, -0.15) is 0 Å². The quantitative estimate of drug-likeness (QED) is 0.711. The molecule has 1 aliphatic rings. The third-order valence-corrected chi connectivity index (χ3v) is 4.07. The van der Waals surface area contributed by atoms with Crippen LogP contribution in [0.3, 0.4) is 0 Å². The Hall–Kier alpha value is -1.06. The van der Waals surface area contributed by atoms with Crippen LogP contribution in [0.1, 0.15) is 45.4 Å². The van der Waals surface area contributed by atoms with Crippen LogP contribution in [-0.4, -0.2) is 31.9 Å². The van der Waals surface area contributed by atoms with E-state index < -0.39 is 0 Å². The summed E-state index contributed by atoms with van der Waals surface area (Å²) < 4.78 is 11.5. The molecule has 1 aromatic rings. The molecule has 0 radical (unpaired) electrons. The van der Waals surface area contributed by atoms with Gasteiger partial charge in [0, 0.05) is 12.6 Å². The van der Waals surface area contributed by atoms with E-state index in [1.165, 1.54) is 32.1 Å². The summed E-state index contributed by atoms with van der Waals surface area (Å²) in [7, 11) is 0. The molecule has 1 aromatic carbocycles. The summed E-state index contributed by atoms with van der Waals surface area (Å²) in [5, 5.41) is 3.57. The lowest BCUT2D eigenvalue weighted by atomic mass is 10.0. The minimum atomic E-state index is 0.521. The first-order valence-corrected chi connectivity index (χ1v) is 8.41. The second kappa shape index (κ2) is 9.80. The van der Waals surface area contributed by atoms with Crippen LogP contribution in [-0.2, 0) is 4.74 Å². The molecule has 118 valence electrons. The van der Waals surface area contributed by atoms with Crippen molar-refractivity contribution in [1.82, 2.24) is 5.32 Å². The largest absolute Gasteiger partial charge is 0.494 e. The second-order valence-electron chi connectivity index (χ2n) is 5.77. The summed E-state index contributed by atoms with van der Waals surface area (Å²) in [6, 6.07) is 10.6. The van der Waals surface area contributed by atoms with E-state index in [-0.39, 0.29) is 0 Å². The van der Waals surface area contributed by atoms with Gasteiger partial charge in [-0.3, -0.25) is 0 Å². The van der Waals surface area contributed by atoms with Crippen molar-refractivity contribution in [2.75, 3.05) is 19.8 Å². The van der Waals surface area contributed by atoms with Crippen LogP contribution in [0.5, 0.6) is 5.75 Å². The van der Waals surface area contributed by atoms with E-state index in [1.807, 2.05) is 30.3 Å². The first kappa shape index (κ1) is 16.3. The molecule has 1 N–H and O–H groups in total. The molecule has 1 saturated heterocycles. The number of hydrogen-bond donors (Lipinski definition) is 1. The highest BCUT2D eigenvalue weighted by Crippen LogP contribution is 2.19. The zero-order valence-electron chi connectivity index (χ0n) is 13.2. The summed E-state index contributed by atoms with van der Waals surface area (Å²) in [4.78, 5) is 0. The maximum absolute atomic E-state index is 5.80. The average Bonchev–Trinajstić information content (AvgIpc) is 3.02. The van der Waals surface area contributed by atoms with Crippen LogP contribution in [0.15, 0.2) is 30.3 Å². The van der Waals surface area contributed by atoms with Gasteiger partial charge in [0.05, 0.1) is 12.7 Å². The Bertz CT molecular complexity index is 363. The molecule has 3 heteroatoms. The molecule has 3 nitrogen and oxygen atoms in total. The van der Waals surface area contributed by atoms with E-state index in [0.717, 1.165) is 31.9 Å². The molecule has 1 heterocycles. The van der Waals surface area contributed by atoms with Crippen LogP contribution >= 0.6 is 0 Å². The van der Waals surface area contributed by atoms with Crippen molar-refractivity contribution in [1.29, 1.82) is 0 Å². The number of nitrogens with one attached hydrogen (secondary N) is 1. The summed E-state index contributed by atoms with van der Waals surface area (Å²) >= 11 is 0. The minimum absolute atomic E-state index is 0.521. The lowest BCUT2D eigenvalue weighted by Crippen LogP contribution is -2.30. The van der Waals surface area contributed by atoms with Crippen molar-refractivity contribution in [2.45, 2.75) is 57.6 Å². The SMILES string of the molecule is CCNC(CCCC1CCCO1)CCOc1ccccc1. The first-order valence-electron chi connectivity index (χ1n) is 8.41. The number of rotatable bonds is 10. The number of ether oxygens (including phenoxy) is 2. The smallest absolute Gasteiger partial charge is 0.119 e. The number of hydrogen-bond acceptors (Lipinski definition) is 3. The van der Waals surface area contributed by atoms with Gasteiger partial charge in [0.1, 0.15) is 5.75 Å². The minimum Gasteiger partial charge on any atom is -0.494 e. The maximum Gasteiger partial charge on any atom is 0.119 e. The van der Waals surface area contributed by atoms with Crippen LogP contribution in [0.2, 0.25) is 0 Å². The average molecular weight is 291 g/mol. The van der Waals surface area contributed by atoms with Gasteiger partial charge in [0.2, 0.25) is 0 Å². The molecule has 21 heavy (non-hydrogen) atoms. The van der Waals surface area contributed by atoms with Crippen LogP contribution < -0.4 is 10.1 Å². The first-order chi connectivity index (χ1) is 10.4. The fraction of sp³-hybridized carbons (Fsp3) is 0.667. The van der Waals surface area contributed by atoms with Crippen molar-refractivity contribution in [3.63, 3.8) is 0 Å². The van der Waals surface area contributed by atoms with E-state index in [1.54, 1.807) is 0 Å². The molecule has 1 fully saturated rings. The van der Waals surface area contributed by atoms with Gasteiger partial charge in [-0.25, -0.2) is 0 Å². The van der Waals surface area contributed by atoms with Gasteiger partial charge in [0.25, 0.3) is 0 Å². The molecule has 0 saturated carbocycles. The lowest BCUT2D eigenvalue weighted by Gasteiger charge is -2.19. The van der Waals surface area contributed by atoms with Crippen molar-refractivity contribution in [3.8, 4) is 5.75 Å². The third-order valence-electron chi connectivity index (χ3n) is 4.07. The Kier molecular flexibility index (Phi) is 7.61. The highest BCUT2D eigenvalue weighted by atomic mass is 16.5. The van der Waals surface area contributed by atoms with Gasteiger partial charge < -0.3 is 14.8 Å². The second-order valence-corrected chi connectivity index (χ2v) is 5.77. The standard InChI is InChI=1S/C18H29NO2/c1-2-19-16(8-6-11-18-12-7-14-20-18)13-15-21-17-9-4-3-5-10-17/h3-5,9-10,16,18-19H,2,6-8,11-15H2,1H3. The number of benzene rings is 1. The summed E-state index contributed by atoms with van der Waals surface area (Å²) in [5.74, 6) is 0.965. The van der Waals surface area contributed by atoms with Gasteiger partial charge >= 0.3 is 0 Å². The predicted octanol–water partition coefficient (Wildman–Crippen LogP) is 3.78. The molecule has 0 amide bonds. The van der Waals surface area contributed by atoms with Crippen molar-refractivity contribution in [3.05, 3.63) is 30.3 Å². The molecule has 1 aliphatic heterocycles. The van der Waals surface area contributed by atoms with Crippen LogP contribution in [0.25, 0.3) is 0 Å². The third kappa shape index (κ3) is 6.49. The lowest BCUT2D eigenvalue weighted by molar-refractivity contribution is 0.101. The van der Waals surface area contributed by atoms with Crippen LogP contribution in [0.4, 0.5) is 0 Å². The monoisotopic (exact) mass is 291 g/mol. The van der Waals surface area contributed by atoms with E-state index >= 15 is 0 Å². The highest BCUT2D eigenvalue weighted by molar-refractivity contribution is 5.20. The fourth-order valence-corrected chi connectivity index (χ4v) is 2.94. The van der Waals surface area contributed by atoms with Crippen LogP contribution in [0, 0.1) is 0 Å². The fourth-order valence-electron chi connectivity index (χ4n) is 2.94. The van der Waals surface area contributed by atoms with Crippen molar-refractivity contribution >= 4 is 0 Å². The normalized spacial score (nSPS) is 19.6. The Morgan fingerprint density at radius 3 is 2.86 bits per heavy atom. The van der Waals surface area contributed by atoms with Crippen molar-refractivity contribution < 1.29 is 9.47 Å². The topological polar surface area (TPSA) is 30.5 Å². The zero-order chi connectivity index (χ0) is 14.8.